The highest BCUT2D eigenvalue weighted by Gasteiger charge is 2.25. The Morgan fingerprint density at radius 1 is 0.917 bits per heavy atom. The van der Waals surface area contributed by atoms with Crippen molar-refractivity contribution < 1.29 is 0 Å². The van der Waals surface area contributed by atoms with Gasteiger partial charge in [0.1, 0.15) is 0 Å². The van der Waals surface area contributed by atoms with E-state index >= 15 is 0 Å². The van der Waals surface area contributed by atoms with Crippen molar-refractivity contribution in [1.82, 2.24) is 5.32 Å². The van der Waals surface area contributed by atoms with Gasteiger partial charge in [0, 0.05) is 12.1 Å². The van der Waals surface area contributed by atoms with Gasteiger partial charge in [0.15, 0.2) is 0 Å². The zero-order valence-electron chi connectivity index (χ0n) is 9.04. The van der Waals surface area contributed by atoms with Crippen LogP contribution >= 0.6 is 0 Å². The Labute approximate surface area is 76.9 Å². The third-order valence-corrected chi connectivity index (χ3v) is 2.95. The van der Waals surface area contributed by atoms with Gasteiger partial charge >= 0.3 is 0 Å². The quantitative estimate of drug-likeness (QED) is 0.588. The lowest BCUT2D eigenvalue weighted by Gasteiger charge is -2.36. The van der Waals surface area contributed by atoms with Gasteiger partial charge in [0.2, 0.25) is 0 Å². The van der Waals surface area contributed by atoms with Crippen LogP contribution in [0.5, 0.6) is 0 Å². The molecule has 1 heteroatoms. The second-order valence-corrected chi connectivity index (χ2v) is 5.61. The van der Waals surface area contributed by atoms with Crippen molar-refractivity contribution in [3.63, 3.8) is 0 Å². The Kier molecular flexibility index (Phi) is 2.82. The van der Waals surface area contributed by atoms with Crippen molar-refractivity contribution in [1.29, 1.82) is 0 Å². The standard InChI is InChI=1S/C11H23N/c1-10(2)7-5-6-8-11(3,4)12-9-10/h12H,5-9H2,1-4H3. The molecule has 0 aromatic rings. The third kappa shape index (κ3) is 3.14. The molecule has 12 heavy (non-hydrogen) atoms. The first-order chi connectivity index (χ1) is 5.41. The Bertz CT molecular complexity index is 129. The summed E-state index contributed by atoms with van der Waals surface area (Å²) in [5.41, 5.74) is 0.857. The molecule has 1 fully saturated rings. The Morgan fingerprint density at radius 3 is 2.17 bits per heavy atom. The van der Waals surface area contributed by atoms with E-state index in [2.05, 4.69) is 33.0 Å². The molecular weight excluding hydrogens is 146 g/mol. The maximum absolute atomic E-state index is 3.65. The van der Waals surface area contributed by atoms with Crippen molar-refractivity contribution in [3.05, 3.63) is 0 Å². The minimum absolute atomic E-state index is 0.359. The minimum atomic E-state index is 0.359. The van der Waals surface area contributed by atoms with Crippen molar-refractivity contribution in [2.45, 2.75) is 58.9 Å². The zero-order valence-corrected chi connectivity index (χ0v) is 9.04. The average molecular weight is 169 g/mol. The fraction of sp³-hybridized carbons (Fsp3) is 1.00. The van der Waals surface area contributed by atoms with E-state index in [0.717, 1.165) is 0 Å². The Balaban J connectivity index is 2.51. The second kappa shape index (κ2) is 3.37. The van der Waals surface area contributed by atoms with Crippen LogP contribution in [-0.4, -0.2) is 12.1 Å². The van der Waals surface area contributed by atoms with Gasteiger partial charge < -0.3 is 5.32 Å². The van der Waals surface area contributed by atoms with E-state index < -0.39 is 0 Å². The van der Waals surface area contributed by atoms with E-state index in [4.69, 9.17) is 0 Å². The molecular formula is C11H23N. The summed E-state index contributed by atoms with van der Waals surface area (Å²) in [6.45, 7) is 10.5. The van der Waals surface area contributed by atoms with Gasteiger partial charge in [-0.25, -0.2) is 0 Å². The molecule has 72 valence electrons. The average Bonchev–Trinajstić information content (AvgIpc) is 1.94. The summed E-state index contributed by atoms with van der Waals surface area (Å²) in [4.78, 5) is 0. The van der Waals surface area contributed by atoms with E-state index in [1.165, 1.54) is 32.2 Å². The van der Waals surface area contributed by atoms with Crippen LogP contribution in [0.4, 0.5) is 0 Å². The molecule has 0 saturated carbocycles. The number of rotatable bonds is 0. The van der Waals surface area contributed by atoms with Crippen molar-refractivity contribution in [2.75, 3.05) is 6.54 Å². The molecule has 1 rings (SSSR count). The highest BCUT2D eigenvalue weighted by Crippen LogP contribution is 2.28. The fourth-order valence-corrected chi connectivity index (χ4v) is 1.83. The molecule has 1 aliphatic rings. The topological polar surface area (TPSA) is 12.0 Å². The smallest absolute Gasteiger partial charge is 0.0125 e. The molecule has 1 heterocycles. The Hall–Kier alpha value is -0.0400. The molecule has 0 aromatic carbocycles. The number of hydrogen-bond donors (Lipinski definition) is 1. The number of hydrogen-bond acceptors (Lipinski definition) is 1. The molecule has 1 aliphatic heterocycles. The van der Waals surface area contributed by atoms with Gasteiger partial charge in [-0.3, -0.25) is 0 Å². The van der Waals surface area contributed by atoms with Gasteiger partial charge in [-0.1, -0.05) is 26.7 Å². The van der Waals surface area contributed by atoms with Gasteiger partial charge in [-0.15, -0.1) is 0 Å². The summed E-state index contributed by atoms with van der Waals surface area (Å²) in [7, 11) is 0. The van der Waals surface area contributed by atoms with Gasteiger partial charge in [-0.2, -0.15) is 0 Å². The lowest BCUT2D eigenvalue weighted by atomic mass is 9.82. The SMILES string of the molecule is CC1(C)CCCCC(C)(C)NC1. The number of nitrogens with one attached hydrogen (secondary N) is 1. The van der Waals surface area contributed by atoms with Crippen LogP contribution in [0.3, 0.4) is 0 Å². The molecule has 0 aliphatic carbocycles. The zero-order chi connectivity index (χ0) is 9.24. The molecule has 0 bridgehead atoms. The van der Waals surface area contributed by atoms with Crippen LogP contribution < -0.4 is 5.32 Å². The molecule has 0 radical (unpaired) electrons. The van der Waals surface area contributed by atoms with E-state index in [0.29, 0.717) is 11.0 Å². The van der Waals surface area contributed by atoms with Crippen molar-refractivity contribution in [3.8, 4) is 0 Å². The Morgan fingerprint density at radius 2 is 1.50 bits per heavy atom. The van der Waals surface area contributed by atoms with Crippen LogP contribution in [0.15, 0.2) is 0 Å². The van der Waals surface area contributed by atoms with E-state index in [1.807, 2.05) is 0 Å². The van der Waals surface area contributed by atoms with E-state index in [9.17, 15) is 0 Å². The second-order valence-electron chi connectivity index (χ2n) is 5.61. The van der Waals surface area contributed by atoms with E-state index in [-0.39, 0.29) is 0 Å². The normalized spacial score (nSPS) is 29.0. The molecule has 0 atom stereocenters. The fourth-order valence-electron chi connectivity index (χ4n) is 1.83. The monoisotopic (exact) mass is 169 g/mol. The maximum atomic E-state index is 3.65. The first-order valence-corrected chi connectivity index (χ1v) is 5.16. The van der Waals surface area contributed by atoms with Gasteiger partial charge in [-0.05, 0) is 32.1 Å². The third-order valence-electron chi connectivity index (χ3n) is 2.95. The molecule has 1 N–H and O–H groups in total. The van der Waals surface area contributed by atoms with Crippen LogP contribution in [0.2, 0.25) is 0 Å². The summed E-state index contributed by atoms with van der Waals surface area (Å²) < 4.78 is 0. The summed E-state index contributed by atoms with van der Waals surface area (Å²) in [6.07, 6.45) is 5.47. The summed E-state index contributed by atoms with van der Waals surface area (Å²) in [5, 5.41) is 3.65. The first-order valence-electron chi connectivity index (χ1n) is 5.16. The molecule has 0 spiro atoms. The summed E-state index contributed by atoms with van der Waals surface area (Å²) >= 11 is 0. The van der Waals surface area contributed by atoms with Crippen molar-refractivity contribution >= 4 is 0 Å². The summed E-state index contributed by atoms with van der Waals surface area (Å²) in [5.74, 6) is 0. The first kappa shape index (κ1) is 10.0. The van der Waals surface area contributed by atoms with Crippen molar-refractivity contribution in [2.24, 2.45) is 5.41 Å². The van der Waals surface area contributed by atoms with Crippen LogP contribution in [0.25, 0.3) is 0 Å². The largest absolute Gasteiger partial charge is 0.311 e. The van der Waals surface area contributed by atoms with Crippen LogP contribution in [0.1, 0.15) is 53.4 Å². The lowest BCUT2D eigenvalue weighted by Crippen LogP contribution is -2.45. The molecule has 0 unspecified atom stereocenters. The van der Waals surface area contributed by atoms with E-state index in [1.54, 1.807) is 0 Å². The highest BCUT2D eigenvalue weighted by atomic mass is 15.0. The summed E-state index contributed by atoms with van der Waals surface area (Å²) in [6, 6.07) is 0. The predicted octanol–water partition coefficient (Wildman–Crippen LogP) is 2.95. The lowest BCUT2D eigenvalue weighted by molar-refractivity contribution is 0.218. The maximum Gasteiger partial charge on any atom is 0.0125 e. The molecule has 0 aromatic heterocycles. The predicted molar refractivity (Wildman–Crippen MR) is 54.3 cm³/mol. The van der Waals surface area contributed by atoms with Crippen LogP contribution in [-0.2, 0) is 0 Å². The highest BCUT2D eigenvalue weighted by molar-refractivity contribution is 4.84. The van der Waals surface area contributed by atoms with Gasteiger partial charge in [0.05, 0.1) is 0 Å². The van der Waals surface area contributed by atoms with Gasteiger partial charge in [0.25, 0.3) is 0 Å². The molecule has 1 nitrogen and oxygen atoms in total. The van der Waals surface area contributed by atoms with Crippen LogP contribution in [0, 0.1) is 5.41 Å². The molecule has 0 amide bonds. The minimum Gasteiger partial charge on any atom is -0.311 e. The molecule has 1 saturated heterocycles.